The van der Waals surface area contributed by atoms with Crippen LogP contribution >= 0.6 is 11.3 Å². The Hall–Kier alpha value is -0.850. The van der Waals surface area contributed by atoms with E-state index in [0.717, 1.165) is 36.5 Å². The zero-order valence-electron chi connectivity index (χ0n) is 13.6. The topological polar surface area (TPSA) is 44.0 Å². The van der Waals surface area contributed by atoms with Crippen molar-refractivity contribution in [3.8, 4) is 6.07 Å². The molecule has 1 fully saturated rings. The van der Waals surface area contributed by atoms with E-state index in [1.807, 2.05) is 6.07 Å². The lowest BCUT2D eigenvalue weighted by Crippen LogP contribution is -2.32. The van der Waals surface area contributed by atoms with E-state index in [1.165, 1.54) is 11.3 Å². The Morgan fingerprint density at radius 1 is 1.38 bits per heavy atom. The molecule has 1 unspecified atom stereocenters. The molecule has 0 aromatic carbocycles. The van der Waals surface area contributed by atoms with Crippen LogP contribution < -0.4 is 0 Å². The second-order valence-corrected chi connectivity index (χ2v) is 8.59. The number of thiophene rings is 1. The number of aliphatic hydroxyl groups is 1. The van der Waals surface area contributed by atoms with Gasteiger partial charge in [-0.05, 0) is 49.1 Å². The Morgan fingerprint density at radius 3 is 2.43 bits per heavy atom. The van der Waals surface area contributed by atoms with E-state index in [-0.39, 0.29) is 5.41 Å². The first kappa shape index (κ1) is 16.5. The van der Waals surface area contributed by atoms with Gasteiger partial charge in [0.2, 0.25) is 0 Å². The summed E-state index contributed by atoms with van der Waals surface area (Å²) in [6.45, 7) is 8.76. The van der Waals surface area contributed by atoms with Crippen molar-refractivity contribution < 1.29 is 5.11 Å². The minimum absolute atomic E-state index is 0.0995. The predicted octanol–water partition coefficient (Wildman–Crippen LogP) is 5.19. The molecule has 0 saturated heterocycles. The van der Waals surface area contributed by atoms with Crippen LogP contribution in [0.25, 0.3) is 0 Å². The average Bonchev–Trinajstić information content (AvgIpc) is 2.96. The normalized spacial score (nSPS) is 28.1. The Kier molecular flexibility index (Phi) is 4.80. The van der Waals surface area contributed by atoms with Crippen LogP contribution in [0.3, 0.4) is 0 Å². The highest BCUT2D eigenvalue weighted by atomic mass is 32.1. The summed E-state index contributed by atoms with van der Waals surface area (Å²) in [5.41, 5.74) is -0.478. The van der Waals surface area contributed by atoms with Crippen LogP contribution in [0.1, 0.15) is 75.7 Å². The lowest BCUT2D eigenvalue weighted by atomic mass is 9.67. The van der Waals surface area contributed by atoms with Crippen LogP contribution in [0.2, 0.25) is 0 Å². The van der Waals surface area contributed by atoms with Crippen molar-refractivity contribution in [3.05, 3.63) is 21.9 Å². The highest BCUT2D eigenvalue weighted by Crippen LogP contribution is 2.49. The monoisotopic (exact) mass is 305 g/mol. The molecule has 1 aromatic rings. The maximum absolute atomic E-state index is 10.8. The first-order valence-corrected chi connectivity index (χ1v) is 8.83. The lowest BCUT2D eigenvalue weighted by molar-refractivity contribution is 0.0267. The molecule has 21 heavy (non-hydrogen) atoms. The third-order valence-electron chi connectivity index (χ3n) is 4.96. The van der Waals surface area contributed by atoms with Gasteiger partial charge in [-0.2, -0.15) is 5.26 Å². The van der Waals surface area contributed by atoms with E-state index in [1.54, 1.807) is 11.3 Å². The molecule has 0 radical (unpaired) electrons. The Labute approximate surface area is 132 Å². The SMILES string of the molecule is CCC1CCC(C#N)(C(O)c2ccc(C(C)(C)C)s2)CC1. The van der Waals surface area contributed by atoms with Crippen molar-refractivity contribution in [2.24, 2.45) is 11.3 Å². The second kappa shape index (κ2) is 6.10. The van der Waals surface area contributed by atoms with Crippen molar-refractivity contribution in [1.82, 2.24) is 0 Å². The van der Waals surface area contributed by atoms with Gasteiger partial charge in [0.15, 0.2) is 0 Å². The molecule has 1 heterocycles. The van der Waals surface area contributed by atoms with Crippen LogP contribution in [0.5, 0.6) is 0 Å². The van der Waals surface area contributed by atoms with Gasteiger partial charge in [-0.15, -0.1) is 11.3 Å². The van der Waals surface area contributed by atoms with Gasteiger partial charge in [0.05, 0.1) is 11.5 Å². The number of nitriles is 1. The third-order valence-corrected chi connectivity index (χ3v) is 6.52. The summed E-state index contributed by atoms with van der Waals surface area (Å²) >= 11 is 1.66. The maximum atomic E-state index is 10.8. The molecule has 0 spiro atoms. The molecule has 116 valence electrons. The van der Waals surface area contributed by atoms with Gasteiger partial charge in [-0.1, -0.05) is 34.1 Å². The zero-order chi connectivity index (χ0) is 15.7. The molecule has 0 bridgehead atoms. The fourth-order valence-corrected chi connectivity index (χ4v) is 4.39. The summed E-state index contributed by atoms with van der Waals surface area (Å²) in [5.74, 6) is 0.729. The van der Waals surface area contributed by atoms with Gasteiger partial charge in [0.25, 0.3) is 0 Å². The van der Waals surface area contributed by atoms with Crippen molar-refractivity contribution in [2.45, 2.75) is 71.3 Å². The Bertz CT molecular complexity index is 512. The van der Waals surface area contributed by atoms with Crippen LogP contribution in [-0.4, -0.2) is 5.11 Å². The average molecular weight is 305 g/mol. The first-order valence-electron chi connectivity index (χ1n) is 8.02. The van der Waals surface area contributed by atoms with E-state index < -0.39 is 11.5 Å². The largest absolute Gasteiger partial charge is 0.386 e. The quantitative estimate of drug-likeness (QED) is 0.835. The summed E-state index contributed by atoms with van der Waals surface area (Å²) in [4.78, 5) is 2.23. The number of nitrogens with zero attached hydrogens (tertiary/aromatic N) is 1. The summed E-state index contributed by atoms with van der Waals surface area (Å²) in [5, 5.41) is 20.5. The van der Waals surface area contributed by atoms with Crippen molar-refractivity contribution in [3.63, 3.8) is 0 Å². The Morgan fingerprint density at radius 2 is 2.00 bits per heavy atom. The van der Waals surface area contributed by atoms with Gasteiger partial charge in [-0.25, -0.2) is 0 Å². The zero-order valence-corrected chi connectivity index (χ0v) is 14.5. The molecule has 1 aliphatic rings. The molecule has 1 atom stereocenters. The Balaban J connectivity index is 2.20. The van der Waals surface area contributed by atoms with E-state index >= 15 is 0 Å². The summed E-state index contributed by atoms with van der Waals surface area (Å²) in [7, 11) is 0. The first-order chi connectivity index (χ1) is 9.82. The summed E-state index contributed by atoms with van der Waals surface area (Å²) < 4.78 is 0. The fraction of sp³-hybridized carbons (Fsp3) is 0.722. The summed E-state index contributed by atoms with van der Waals surface area (Å²) in [6, 6.07) is 6.58. The molecular weight excluding hydrogens is 278 g/mol. The van der Waals surface area contributed by atoms with Gasteiger partial charge in [0, 0.05) is 9.75 Å². The van der Waals surface area contributed by atoms with Gasteiger partial charge in [-0.3, -0.25) is 0 Å². The summed E-state index contributed by atoms with van der Waals surface area (Å²) in [6.07, 6.45) is 4.33. The number of hydrogen-bond acceptors (Lipinski definition) is 3. The molecule has 1 saturated carbocycles. The number of rotatable bonds is 3. The lowest BCUT2D eigenvalue weighted by Gasteiger charge is -2.37. The molecule has 2 rings (SSSR count). The molecular formula is C18H27NOS. The molecule has 2 nitrogen and oxygen atoms in total. The second-order valence-electron chi connectivity index (χ2n) is 7.47. The third kappa shape index (κ3) is 3.33. The fourth-order valence-electron chi connectivity index (χ4n) is 3.22. The van der Waals surface area contributed by atoms with Gasteiger partial charge in [0.1, 0.15) is 6.10 Å². The van der Waals surface area contributed by atoms with Crippen LogP contribution in [-0.2, 0) is 5.41 Å². The van der Waals surface area contributed by atoms with E-state index in [2.05, 4.69) is 39.8 Å². The van der Waals surface area contributed by atoms with E-state index in [9.17, 15) is 10.4 Å². The smallest absolute Gasteiger partial charge is 0.107 e. The molecule has 1 aromatic heterocycles. The highest BCUT2D eigenvalue weighted by Gasteiger charge is 2.42. The minimum atomic E-state index is -0.638. The van der Waals surface area contributed by atoms with Crippen molar-refractivity contribution in [2.75, 3.05) is 0 Å². The number of hydrogen-bond donors (Lipinski definition) is 1. The molecule has 0 amide bonds. The van der Waals surface area contributed by atoms with Gasteiger partial charge < -0.3 is 5.11 Å². The van der Waals surface area contributed by atoms with Crippen molar-refractivity contribution >= 4 is 11.3 Å². The maximum Gasteiger partial charge on any atom is 0.107 e. The van der Waals surface area contributed by atoms with Crippen molar-refractivity contribution in [1.29, 1.82) is 5.26 Å². The highest BCUT2D eigenvalue weighted by molar-refractivity contribution is 7.12. The molecule has 0 aliphatic heterocycles. The standard InChI is InChI=1S/C18H27NOS/c1-5-13-8-10-18(12-19,11-9-13)16(20)14-6-7-15(21-14)17(2,3)4/h6-7,13,16,20H,5,8-11H2,1-4H3. The predicted molar refractivity (Wildman–Crippen MR) is 88.3 cm³/mol. The van der Waals surface area contributed by atoms with Crippen LogP contribution in [0.4, 0.5) is 0 Å². The van der Waals surface area contributed by atoms with Crippen LogP contribution in [0, 0.1) is 22.7 Å². The molecule has 3 heteroatoms. The van der Waals surface area contributed by atoms with Gasteiger partial charge >= 0.3 is 0 Å². The van der Waals surface area contributed by atoms with Crippen LogP contribution in [0.15, 0.2) is 12.1 Å². The van der Waals surface area contributed by atoms with E-state index in [0.29, 0.717) is 0 Å². The molecule has 1 aliphatic carbocycles. The van der Waals surface area contributed by atoms with E-state index in [4.69, 9.17) is 0 Å². The molecule has 1 N–H and O–H groups in total. The number of aliphatic hydroxyl groups excluding tert-OH is 1. The minimum Gasteiger partial charge on any atom is -0.386 e.